The Morgan fingerprint density at radius 1 is 0.439 bits per heavy atom. The van der Waals surface area contributed by atoms with E-state index in [1.807, 2.05) is 140 Å². The van der Waals surface area contributed by atoms with Gasteiger partial charge in [0.05, 0.1) is 5.69 Å². The largest absolute Gasteiger partial charge is 0.507 e. The van der Waals surface area contributed by atoms with Gasteiger partial charge in [-0.1, -0.05) is 114 Å². The average molecular weight is 917 g/mol. The SMILES string of the molecule is Cc1cc(-c2ccc(-c3ccc4c(c3)oc3ccccc34)o2)cc(-c2[c-]c(-c3cc(-c4ccccc4)cc(-c4ccc(-c5ccccc5)cc4O)n3)ccc2)n1.[Pt]. The summed E-state index contributed by atoms with van der Waals surface area (Å²) in [4.78, 5) is 10.0. The standard InChI is InChI=1S/C51H33N2O3.Pt/c1-32-25-40(49-24-23-48(55-49)38-20-21-42-41-17-8-9-18-50(41)56-51(42)31-38)29-44(52-32)36-15-10-16-37(26-36)45-27-39(34-13-6-3-7-14-34)28-46(53-45)43-22-19-35(30-47(43)54)33-11-4-2-5-12-33;/h2-25,27-31,54H,1H3;/q-1;. The molecule has 0 spiro atoms. The molecule has 4 heterocycles. The molecule has 6 heteroatoms. The number of pyridine rings is 2. The number of furan rings is 2. The quantitative estimate of drug-likeness (QED) is 0.161. The van der Waals surface area contributed by atoms with Crippen molar-refractivity contribution in [2.45, 2.75) is 6.92 Å². The van der Waals surface area contributed by atoms with E-state index in [1.54, 1.807) is 6.07 Å². The minimum absolute atomic E-state index is 0. The molecule has 0 saturated carbocycles. The van der Waals surface area contributed by atoms with Crippen LogP contribution >= 0.6 is 0 Å². The van der Waals surface area contributed by atoms with E-state index in [1.165, 1.54) is 0 Å². The molecule has 0 radical (unpaired) electrons. The fraction of sp³-hybridized carbons (Fsp3) is 0.0196. The van der Waals surface area contributed by atoms with Crippen LogP contribution in [0.2, 0.25) is 0 Å². The molecular formula is C51H33N2O3Pt-. The van der Waals surface area contributed by atoms with Gasteiger partial charge in [-0.25, -0.2) is 0 Å². The van der Waals surface area contributed by atoms with Gasteiger partial charge in [0.15, 0.2) is 0 Å². The first-order chi connectivity index (χ1) is 27.5. The zero-order valence-electron chi connectivity index (χ0n) is 30.7. The van der Waals surface area contributed by atoms with Crippen molar-refractivity contribution in [2.75, 3.05) is 0 Å². The Kier molecular flexibility index (Phi) is 9.45. The molecule has 0 aliphatic carbocycles. The maximum Gasteiger partial charge on any atom is 0.136 e. The summed E-state index contributed by atoms with van der Waals surface area (Å²) in [5.74, 6) is 1.67. The number of para-hydroxylation sites is 1. The van der Waals surface area contributed by atoms with Gasteiger partial charge in [-0.15, -0.1) is 24.3 Å². The molecule has 276 valence electrons. The first-order valence-corrected chi connectivity index (χ1v) is 18.5. The first kappa shape index (κ1) is 35.9. The second-order valence-electron chi connectivity index (χ2n) is 13.9. The molecule has 0 unspecified atom stereocenters. The topological polar surface area (TPSA) is 72.3 Å². The third kappa shape index (κ3) is 6.99. The van der Waals surface area contributed by atoms with E-state index in [0.29, 0.717) is 11.3 Å². The van der Waals surface area contributed by atoms with E-state index in [0.717, 1.165) is 95.0 Å². The summed E-state index contributed by atoms with van der Waals surface area (Å²) in [5.41, 5.74) is 12.9. The van der Waals surface area contributed by atoms with Gasteiger partial charge in [-0.3, -0.25) is 9.97 Å². The Labute approximate surface area is 344 Å². The number of hydrogen-bond acceptors (Lipinski definition) is 5. The van der Waals surface area contributed by atoms with Crippen molar-refractivity contribution in [1.82, 2.24) is 9.97 Å². The molecule has 57 heavy (non-hydrogen) atoms. The van der Waals surface area contributed by atoms with Crippen molar-refractivity contribution >= 4 is 21.9 Å². The summed E-state index contributed by atoms with van der Waals surface area (Å²) in [6, 6.07) is 62.1. The molecule has 0 aliphatic heterocycles. The maximum atomic E-state index is 11.3. The van der Waals surface area contributed by atoms with Gasteiger partial charge in [0.25, 0.3) is 0 Å². The monoisotopic (exact) mass is 916 g/mol. The number of hydrogen-bond donors (Lipinski definition) is 1. The van der Waals surface area contributed by atoms with Gasteiger partial charge < -0.3 is 13.9 Å². The number of fused-ring (bicyclic) bond motifs is 3. The van der Waals surface area contributed by atoms with Crippen LogP contribution in [0.4, 0.5) is 0 Å². The number of phenolic OH excluding ortho intramolecular Hbond substituents is 1. The predicted octanol–water partition coefficient (Wildman–Crippen LogP) is 13.4. The van der Waals surface area contributed by atoms with Crippen LogP contribution in [-0.2, 0) is 21.1 Å². The molecule has 0 fully saturated rings. The molecule has 0 saturated heterocycles. The van der Waals surface area contributed by atoms with E-state index in [4.69, 9.17) is 18.8 Å². The molecular weight excluding hydrogens is 884 g/mol. The maximum absolute atomic E-state index is 11.3. The van der Waals surface area contributed by atoms with Crippen molar-refractivity contribution in [3.63, 3.8) is 0 Å². The molecule has 6 aromatic carbocycles. The number of rotatable bonds is 7. The predicted molar refractivity (Wildman–Crippen MR) is 225 cm³/mol. The third-order valence-corrected chi connectivity index (χ3v) is 10.2. The smallest absolute Gasteiger partial charge is 0.136 e. The Morgan fingerprint density at radius 2 is 1.05 bits per heavy atom. The summed E-state index contributed by atoms with van der Waals surface area (Å²) in [5, 5.41) is 13.5. The van der Waals surface area contributed by atoms with Crippen LogP contribution in [0.1, 0.15) is 5.69 Å². The summed E-state index contributed by atoms with van der Waals surface area (Å²) in [7, 11) is 0. The van der Waals surface area contributed by atoms with Crippen molar-refractivity contribution in [2.24, 2.45) is 0 Å². The van der Waals surface area contributed by atoms with Gasteiger partial charge >= 0.3 is 0 Å². The van der Waals surface area contributed by atoms with Gasteiger partial charge in [-0.05, 0) is 83.8 Å². The second kappa shape index (κ2) is 15.0. The van der Waals surface area contributed by atoms with Crippen LogP contribution in [0.5, 0.6) is 5.75 Å². The van der Waals surface area contributed by atoms with Crippen LogP contribution < -0.4 is 0 Å². The first-order valence-electron chi connectivity index (χ1n) is 18.5. The molecule has 10 aromatic rings. The minimum Gasteiger partial charge on any atom is -0.507 e. The molecule has 4 aromatic heterocycles. The summed E-state index contributed by atoms with van der Waals surface area (Å²) >= 11 is 0. The number of benzene rings is 6. The Hall–Kier alpha value is -6.81. The normalized spacial score (nSPS) is 11.2. The Bertz CT molecular complexity index is 3060. The van der Waals surface area contributed by atoms with Crippen molar-refractivity contribution < 1.29 is 35.0 Å². The number of aryl methyl sites for hydroxylation is 1. The van der Waals surface area contributed by atoms with Gasteiger partial charge in [0.2, 0.25) is 0 Å². The van der Waals surface area contributed by atoms with E-state index in [2.05, 4.69) is 42.5 Å². The molecule has 5 nitrogen and oxygen atoms in total. The van der Waals surface area contributed by atoms with E-state index < -0.39 is 0 Å². The van der Waals surface area contributed by atoms with E-state index in [-0.39, 0.29) is 26.8 Å². The zero-order chi connectivity index (χ0) is 37.6. The van der Waals surface area contributed by atoms with Crippen molar-refractivity contribution in [3.8, 4) is 84.4 Å². The van der Waals surface area contributed by atoms with Gasteiger partial charge in [0.1, 0.15) is 28.4 Å². The molecule has 1 N–H and O–H groups in total. The Balaban J connectivity index is 0.00000422. The molecule has 0 atom stereocenters. The van der Waals surface area contributed by atoms with Crippen LogP contribution in [-0.4, -0.2) is 15.1 Å². The molecule has 0 bridgehead atoms. The summed E-state index contributed by atoms with van der Waals surface area (Å²) in [6.45, 7) is 1.99. The number of nitrogens with zero attached hydrogens (tertiary/aromatic N) is 2. The van der Waals surface area contributed by atoms with Gasteiger partial charge in [-0.2, -0.15) is 0 Å². The van der Waals surface area contributed by atoms with Crippen molar-refractivity contribution in [1.29, 1.82) is 0 Å². The van der Waals surface area contributed by atoms with Crippen molar-refractivity contribution in [3.05, 3.63) is 188 Å². The van der Waals surface area contributed by atoms with Crippen LogP contribution in [0.15, 0.2) is 185 Å². The number of aromatic hydroxyl groups is 1. The van der Waals surface area contributed by atoms with Crippen LogP contribution in [0, 0.1) is 13.0 Å². The minimum atomic E-state index is 0. The molecule has 10 rings (SSSR count). The zero-order valence-corrected chi connectivity index (χ0v) is 33.0. The second-order valence-corrected chi connectivity index (χ2v) is 13.9. The number of aromatic nitrogens is 2. The van der Waals surface area contributed by atoms with E-state index in [9.17, 15) is 5.11 Å². The van der Waals surface area contributed by atoms with E-state index >= 15 is 0 Å². The van der Waals surface area contributed by atoms with Crippen LogP contribution in [0.25, 0.3) is 101 Å². The van der Waals surface area contributed by atoms with Crippen LogP contribution in [0.3, 0.4) is 0 Å². The third-order valence-electron chi connectivity index (χ3n) is 10.2. The summed E-state index contributed by atoms with van der Waals surface area (Å²) < 4.78 is 12.6. The van der Waals surface area contributed by atoms with Gasteiger partial charge in [0, 0.05) is 65.6 Å². The summed E-state index contributed by atoms with van der Waals surface area (Å²) in [6.07, 6.45) is 0. The molecule has 0 aliphatic rings. The fourth-order valence-electron chi connectivity index (χ4n) is 7.41. The Morgan fingerprint density at radius 3 is 1.81 bits per heavy atom. The average Bonchev–Trinajstić information content (AvgIpc) is 3.90. The molecule has 0 amide bonds. The number of phenols is 1. The fourth-order valence-corrected chi connectivity index (χ4v) is 7.41.